The Hall–Kier alpha value is -1.88. The zero-order valence-electron chi connectivity index (χ0n) is 13.1. The van der Waals surface area contributed by atoms with E-state index in [-0.39, 0.29) is 12.1 Å². The molecule has 22 heavy (non-hydrogen) atoms. The topological polar surface area (TPSA) is 67.2 Å². The number of aliphatic hydroxyl groups is 1. The molecule has 0 amide bonds. The number of carbonyl (C=O) groups is 1. The van der Waals surface area contributed by atoms with Crippen LogP contribution in [0.1, 0.15) is 43.5 Å². The van der Waals surface area contributed by atoms with Crippen LogP contribution in [-0.2, 0) is 6.54 Å². The van der Waals surface area contributed by atoms with E-state index in [2.05, 4.69) is 28.7 Å². The fraction of sp³-hybridized carbons (Fsp3) is 0.529. The molecule has 2 aromatic rings. The smallest absolute Gasteiger partial charge is 0.153 e. The lowest BCUT2D eigenvalue weighted by molar-refractivity contribution is 0.105. The monoisotopic (exact) mass is 301 g/mol. The number of rotatable bonds is 4. The lowest BCUT2D eigenvalue weighted by atomic mass is 9.84. The average molecular weight is 301 g/mol. The highest BCUT2D eigenvalue weighted by Gasteiger charge is 2.27. The first-order valence-electron chi connectivity index (χ1n) is 8.01. The summed E-state index contributed by atoms with van der Waals surface area (Å²) in [6, 6.07) is 2.18. The summed E-state index contributed by atoms with van der Waals surface area (Å²) >= 11 is 0. The molecule has 0 spiro atoms. The van der Waals surface area contributed by atoms with E-state index in [0.29, 0.717) is 11.5 Å². The minimum Gasteiger partial charge on any atom is -0.393 e. The molecule has 1 aliphatic carbocycles. The number of nitrogens with zero attached hydrogens (tertiary/aromatic N) is 2. The van der Waals surface area contributed by atoms with Crippen LogP contribution in [0.25, 0.3) is 11.0 Å². The summed E-state index contributed by atoms with van der Waals surface area (Å²) in [5.41, 5.74) is 2.31. The third-order valence-electron chi connectivity index (χ3n) is 4.78. The van der Waals surface area contributed by atoms with Gasteiger partial charge in [-0.1, -0.05) is 6.92 Å². The van der Waals surface area contributed by atoms with Gasteiger partial charge in [0.15, 0.2) is 6.29 Å². The Kier molecular flexibility index (Phi) is 4.16. The zero-order chi connectivity index (χ0) is 15.7. The molecule has 0 saturated heterocycles. The summed E-state index contributed by atoms with van der Waals surface area (Å²) < 4.78 is 2.06. The van der Waals surface area contributed by atoms with Crippen molar-refractivity contribution in [2.75, 3.05) is 5.32 Å². The second-order valence-corrected chi connectivity index (χ2v) is 6.24. The first-order valence-corrected chi connectivity index (χ1v) is 8.01. The Labute approximate surface area is 130 Å². The minimum atomic E-state index is -0.258. The maximum Gasteiger partial charge on any atom is 0.153 e. The van der Waals surface area contributed by atoms with E-state index in [1.54, 1.807) is 6.20 Å². The van der Waals surface area contributed by atoms with Crippen LogP contribution >= 0.6 is 0 Å². The molecule has 2 aromatic heterocycles. The average Bonchev–Trinajstić information content (AvgIpc) is 2.94. The normalized spacial score (nSPS) is 25.3. The molecule has 1 aliphatic rings. The Balaban J connectivity index is 2.00. The fourth-order valence-corrected chi connectivity index (χ4v) is 3.35. The summed E-state index contributed by atoms with van der Waals surface area (Å²) in [6.07, 6.45) is 6.80. The van der Waals surface area contributed by atoms with E-state index in [0.717, 1.165) is 48.8 Å². The largest absolute Gasteiger partial charge is 0.393 e. The van der Waals surface area contributed by atoms with Crippen molar-refractivity contribution >= 4 is 23.0 Å². The maximum absolute atomic E-state index is 11.4. The number of aromatic nitrogens is 2. The zero-order valence-corrected chi connectivity index (χ0v) is 13.1. The van der Waals surface area contributed by atoms with Gasteiger partial charge in [-0.3, -0.25) is 4.79 Å². The molecule has 2 heterocycles. The van der Waals surface area contributed by atoms with Crippen LogP contribution < -0.4 is 5.32 Å². The van der Waals surface area contributed by atoms with E-state index in [9.17, 15) is 9.90 Å². The number of hydrogen-bond donors (Lipinski definition) is 2. The summed E-state index contributed by atoms with van der Waals surface area (Å²) in [4.78, 5) is 15.8. The molecule has 3 atom stereocenters. The molecular formula is C17H23N3O2. The summed E-state index contributed by atoms with van der Waals surface area (Å²) in [6.45, 7) is 5.11. The van der Waals surface area contributed by atoms with Gasteiger partial charge in [-0.15, -0.1) is 0 Å². The number of nitrogens with one attached hydrogen (secondary N) is 1. The second-order valence-electron chi connectivity index (χ2n) is 6.24. The molecule has 5 heteroatoms. The van der Waals surface area contributed by atoms with E-state index in [1.807, 2.05) is 12.3 Å². The van der Waals surface area contributed by atoms with Gasteiger partial charge in [0.1, 0.15) is 5.65 Å². The van der Waals surface area contributed by atoms with Crippen LogP contribution in [0.2, 0.25) is 0 Å². The van der Waals surface area contributed by atoms with Crippen LogP contribution in [-0.4, -0.2) is 33.1 Å². The van der Waals surface area contributed by atoms with Crippen LogP contribution in [0.3, 0.4) is 0 Å². The number of anilines is 1. The standard InChI is InChI=1S/C17H23N3O2/c1-3-20-7-6-14-16(12(10-21)9-18-17(14)20)19-15-8-13(22)5-4-11(15)2/h6-7,9-11,13,15,22H,3-5,8H2,1-2H3,(H,18,19)/t11-,13-,15-/m1/s1. The van der Waals surface area contributed by atoms with Crippen molar-refractivity contribution in [3.05, 3.63) is 24.0 Å². The molecular weight excluding hydrogens is 278 g/mol. The first-order chi connectivity index (χ1) is 10.6. The van der Waals surface area contributed by atoms with Crippen molar-refractivity contribution in [2.45, 2.75) is 51.8 Å². The van der Waals surface area contributed by atoms with Gasteiger partial charge in [0.05, 0.1) is 17.4 Å². The Morgan fingerprint density at radius 1 is 1.50 bits per heavy atom. The molecule has 1 saturated carbocycles. The van der Waals surface area contributed by atoms with Crippen molar-refractivity contribution in [1.82, 2.24) is 9.55 Å². The lowest BCUT2D eigenvalue weighted by Crippen LogP contribution is -2.36. The number of hydrogen-bond acceptors (Lipinski definition) is 4. The van der Waals surface area contributed by atoms with Crippen molar-refractivity contribution in [3.63, 3.8) is 0 Å². The van der Waals surface area contributed by atoms with E-state index >= 15 is 0 Å². The highest BCUT2D eigenvalue weighted by Crippen LogP contribution is 2.32. The summed E-state index contributed by atoms with van der Waals surface area (Å²) in [5, 5.41) is 14.4. The third-order valence-corrected chi connectivity index (χ3v) is 4.78. The fourth-order valence-electron chi connectivity index (χ4n) is 3.35. The molecule has 0 unspecified atom stereocenters. The van der Waals surface area contributed by atoms with Crippen LogP contribution in [0.5, 0.6) is 0 Å². The van der Waals surface area contributed by atoms with E-state index < -0.39 is 0 Å². The number of pyridine rings is 1. The summed E-state index contributed by atoms with van der Waals surface area (Å²) in [7, 11) is 0. The van der Waals surface area contributed by atoms with Gasteiger partial charge in [0, 0.05) is 30.4 Å². The van der Waals surface area contributed by atoms with Crippen molar-refractivity contribution in [2.24, 2.45) is 5.92 Å². The predicted molar refractivity (Wildman–Crippen MR) is 87.2 cm³/mol. The number of fused-ring (bicyclic) bond motifs is 1. The molecule has 2 N–H and O–H groups in total. The van der Waals surface area contributed by atoms with Crippen molar-refractivity contribution in [3.8, 4) is 0 Å². The van der Waals surface area contributed by atoms with Crippen LogP contribution in [0.4, 0.5) is 5.69 Å². The van der Waals surface area contributed by atoms with Gasteiger partial charge in [-0.2, -0.15) is 0 Å². The molecule has 1 fully saturated rings. The highest BCUT2D eigenvalue weighted by molar-refractivity contribution is 5.99. The van der Waals surface area contributed by atoms with Gasteiger partial charge in [-0.25, -0.2) is 4.98 Å². The quantitative estimate of drug-likeness (QED) is 0.852. The minimum absolute atomic E-state index is 0.179. The van der Waals surface area contributed by atoms with Crippen LogP contribution in [0.15, 0.2) is 18.5 Å². The van der Waals surface area contributed by atoms with Gasteiger partial charge in [0.2, 0.25) is 0 Å². The SMILES string of the molecule is CCn1ccc2c(N[C@@H]3C[C@H](O)CC[C@H]3C)c(C=O)cnc21. The lowest BCUT2D eigenvalue weighted by Gasteiger charge is -2.33. The van der Waals surface area contributed by atoms with Gasteiger partial charge in [-0.05, 0) is 38.2 Å². The number of aliphatic hydroxyl groups excluding tert-OH is 1. The van der Waals surface area contributed by atoms with Crippen LogP contribution in [0, 0.1) is 5.92 Å². The molecule has 3 rings (SSSR count). The Morgan fingerprint density at radius 3 is 3.05 bits per heavy atom. The molecule has 0 radical (unpaired) electrons. The first kappa shape index (κ1) is 15.0. The molecule has 0 aromatic carbocycles. The van der Waals surface area contributed by atoms with E-state index in [1.165, 1.54) is 0 Å². The maximum atomic E-state index is 11.4. The number of carbonyl (C=O) groups excluding carboxylic acids is 1. The third kappa shape index (κ3) is 2.61. The van der Waals surface area contributed by atoms with Gasteiger partial charge in [0.25, 0.3) is 0 Å². The highest BCUT2D eigenvalue weighted by atomic mass is 16.3. The number of aldehydes is 1. The van der Waals surface area contributed by atoms with Crippen molar-refractivity contribution in [1.29, 1.82) is 0 Å². The second kappa shape index (κ2) is 6.08. The predicted octanol–water partition coefficient (Wildman–Crippen LogP) is 2.83. The number of aryl methyl sites for hydroxylation is 1. The summed E-state index contributed by atoms with van der Waals surface area (Å²) in [5.74, 6) is 0.472. The molecule has 0 aliphatic heterocycles. The Bertz CT molecular complexity index is 680. The molecule has 118 valence electrons. The molecule has 5 nitrogen and oxygen atoms in total. The van der Waals surface area contributed by atoms with Crippen molar-refractivity contribution < 1.29 is 9.90 Å². The van der Waals surface area contributed by atoms with E-state index in [4.69, 9.17) is 0 Å². The van der Waals surface area contributed by atoms with Gasteiger partial charge < -0.3 is 15.0 Å². The molecule has 0 bridgehead atoms. The van der Waals surface area contributed by atoms with Gasteiger partial charge >= 0.3 is 0 Å². The Morgan fingerprint density at radius 2 is 2.32 bits per heavy atom.